The summed E-state index contributed by atoms with van der Waals surface area (Å²) < 4.78 is 30.6. The molecule has 0 bridgehead atoms. The van der Waals surface area contributed by atoms with Crippen molar-refractivity contribution < 1.29 is 22.7 Å². The monoisotopic (exact) mass is 444 g/mol. The van der Waals surface area contributed by atoms with E-state index in [9.17, 15) is 18.0 Å². The van der Waals surface area contributed by atoms with Gasteiger partial charge in [-0.2, -0.15) is 4.31 Å². The number of sulfonamides is 1. The molecule has 1 amide bonds. The largest absolute Gasteiger partial charge is 0.455 e. The smallest absolute Gasteiger partial charge is 0.321 e. The number of esters is 1. The van der Waals surface area contributed by atoms with E-state index in [-0.39, 0.29) is 20.6 Å². The van der Waals surface area contributed by atoms with Crippen LogP contribution >= 0.6 is 23.2 Å². The number of halogens is 2. The second-order valence-electron chi connectivity index (χ2n) is 5.88. The van der Waals surface area contributed by atoms with Crippen LogP contribution in [-0.4, -0.2) is 44.8 Å². The van der Waals surface area contributed by atoms with Crippen LogP contribution in [0.5, 0.6) is 0 Å². The van der Waals surface area contributed by atoms with Crippen LogP contribution in [0.4, 0.5) is 5.69 Å². The molecule has 2 aromatic carbocycles. The van der Waals surface area contributed by atoms with E-state index in [1.807, 2.05) is 6.92 Å². The van der Waals surface area contributed by atoms with Gasteiger partial charge in [-0.05, 0) is 31.2 Å². The lowest BCUT2D eigenvalue weighted by Crippen LogP contribution is -2.34. The number of carbonyl (C=O) groups is 2. The average Bonchev–Trinajstić information content (AvgIpc) is 2.63. The van der Waals surface area contributed by atoms with Gasteiger partial charge in [0.1, 0.15) is 6.54 Å². The third-order valence-electron chi connectivity index (χ3n) is 3.67. The number of carbonyl (C=O) groups excluding carboxylic acids is 2. The van der Waals surface area contributed by atoms with E-state index in [2.05, 4.69) is 5.32 Å². The predicted octanol–water partition coefficient (Wildman–Crippen LogP) is 3.10. The molecule has 0 saturated carbocycles. The number of aryl methyl sites for hydroxylation is 1. The van der Waals surface area contributed by atoms with Crippen LogP contribution in [0.2, 0.25) is 10.0 Å². The quantitative estimate of drug-likeness (QED) is 0.662. The van der Waals surface area contributed by atoms with Gasteiger partial charge in [-0.3, -0.25) is 9.59 Å². The van der Waals surface area contributed by atoms with Gasteiger partial charge in [-0.25, -0.2) is 8.42 Å². The standard InChI is InChI=1S/C18H18Cl2N2O5S/c1-12-6-8-13(9-7-12)28(25,26)22(2)10-17(24)27-11-16(23)21-18-14(19)4-3-5-15(18)20/h3-9H,10-11H2,1-2H3,(H,21,23). The topological polar surface area (TPSA) is 92.8 Å². The summed E-state index contributed by atoms with van der Waals surface area (Å²) in [5.41, 5.74) is 1.11. The van der Waals surface area contributed by atoms with E-state index in [1.165, 1.54) is 19.2 Å². The predicted molar refractivity (Wildman–Crippen MR) is 107 cm³/mol. The summed E-state index contributed by atoms with van der Waals surface area (Å²) in [6.45, 7) is 0.674. The Labute approximate surface area is 173 Å². The normalized spacial score (nSPS) is 11.3. The molecule has 0 unspecified atom stereocenters. The summed E-state index contributed by atoms with van der Waals surface area (Å²) >= 11 is 11.9. The number of likely N-dealkylation sites (N-methyl/N-ethyl adjacent to an activating group) is 1. The molecule has 0 fully saturated rings. The molecule has 7 nitrogen and oxygen atoms in total. The molecule has 0 aromatic heterocycles. The van der Waals surface area contributed by atoms with Crippen molar-refractivity contribution in [3.63, 3.8) is 0 Å². The fourth-order valence-electron chi connectivity index (χ4n) is 2.14. The second-order valence-corrected chi connectivity index (χ2v) is 8.74. The number of para-hydroxylation sites is 1. The van der Waals surface area contributed by atoms with Crippen molar-refractivity contribution >= 4 is 50.8 Å². The average molecular weight is 445 g/mol. The SMILES string of the molecule is Cc1ccc(S(=O)(=O)N(C)CC(=O)OCC(=O)Nc2c(Cl)cccc2Cl)cc1. The van der Waals surface area contributed by atoms with Crippen molar-refractivity contribution in [1.82, 2.24) is 4.31 Å². The van der Waals surface area contributed by atoms with Gasteiger partial charge in [0.2, 0.25) is 10.0 Å². The number of nitrogens with zero attached hydrogens (tertiary/aromatic N) is 1. The highest BCUT2D eigenvalue weighted by molar-refractivity contribution is 7.89. The minimum absolute atomic E-state index is 0.0551. The summed E-state index contributed by atoms with van der Waals surface area (Å²) in [7, 11) is -2.60. The van der Waals surface area contributed by atoms with Crippen LogP contribution in [0.15, 0.2) is 47.4 Å². The lowest BCUT2D eigenvalue weighted by atomic mass is 10.2. The second kappa shape index (κ2) is 9.38. The number of amides is 1. The van der Waals surface area contributed by atoms with Crippen molar-refractivity contribution in [2.45, 2.75) is 11.8 Å². The Bertz CT molecular complexity index is 958. The summed E-state index contributed by atoms with van der Waals surface area (Å²) in [6.07, 6.45) is 0. The molecule has 150 valence electrons. The van der Waals surface area contributed by atoms with E-state index < -0.39 is 35.1 Å². The molecule has 1 N–H and O–H groups in total. The molecular formula is C18H18Cl2N2O5S. The lowest BCUT2D eigenvalue weighted by molar-refractivity contribution is -0.147. The van der Waals surface area contributed by atoms with Crippen molar-refractivity contribution in [3.05, 3.63) is 58.1 Å². The van der Waals surface area contributed by atoms with Crippen molar-refractivity contribution in [3.8, 4) is 0 Å². The van der Waals surface area contributed by atoms with Gasteiger partial charge in [0.05, 0.1) is 20.6 Å². The third-order valence-corrected chi connectivity index (χ3v) is 6.12. The number of nitrogens with one attached hydrogen (secondary N) is 1. The highest BCUT2D eigenvalue weighted by Gasteiger charge is 2.24. The van der Waals surface area contributed by atoms with Crippen LogP contribution in [0.25, 0.3) is 0 Å². The van der Waals surface area contributed by atoms with Gasteiger partial charge < -0.3 is 10.1 Å². The fourth-order valence-corrected chi connectivity index (χ4v) is 3.75. The Morgan fingerprint density at radius 1 is 1.07 bits per heavy atom. The number of benzene rings is 2. The highest BCUT2D eigenvalue weighted by Crippen LogP contribution is 2.29. The zero-order valence-corrected chi connectivity index (χ0v) is 17.4. The van der Waals surface area contributed by atoms with E-state index in [0.717, 1.165) is 9.87 Å². The minimum atomic E-state index is -3.85. The zero-order chi connectivity index (χ0) is 20.9. The summed E-state index contributed by atoms with van der Waals surface area (Å²) in [5, 5.41) is 2.90. The Kier molecular flexibility index (Phi) is 7.42. The molecule has 0 radical (unpaired) electrons. The summed E-state index contributed by atoms with van der Waals surface area (Å²) in [5.74, 6) is -1.54. The maximum Gasteiger partial charge on any atom is 0.321 e. The molecule has 2 aromatic rings. The molecule has 0 saturated heterocycles. The van der Waals surface area contributed by atoms with E-state index in [1.54, 1.807) is 30.3 Å². The number of anilines is 1. The molecular weight excluding hydrogens is 427 g/mol. The van der Waals surface area contributed by atoms with Gasteiger partial charge in [0.15, 0.2) is 6.61 Å². The molecule has 0 atom stereocenters. The van der Waals surface area contributed by atoms with E-state index in [4.69, 9.17) is 27.9 Å². The van der Waals surface area contributed by atoms with Gasteiger partial charge in [0, 0.05) is 7.05 Å². The first-order valence-electron chi connectivity index (χ1n) is 8.03. The fraction of sp³-hybridized carbons (Fsp3) is 0.222. The van der Waals surface area contributed by atoms with E-state index >= 15 is 0 Å². The Hall–Kier alpha value is -2.13. The molecule has 28 heavy (non-hydrogen) atoms. The minimum Gasteiger partial charge on any atom is -0.455 e. The Morgan fingerprint density at radius 2 is 1.64 bits per heavy atom. The molecule has 0 aliphatic rings. The number of hydrogen-bond donors (Lipinski definition) is 1. The molecule has 0 aliphatic carbocycles. The van der Waals surface area contributed by atoms with Crippen LogP contribution < -0.4 is 5.32 Å². The third kappa shape index (κ3) is 5.68. The number of hydrogen-bond acceptors (Lipinski definition) is 5. The van der Waals surface area contributed by atoms with E-state index in [0.29, 0.717) is 0 Å². The van der Waals surface area contributed by atoms with Crippen LogP contribution in [0, 0.1) is 6.92 Å². The first-order valence-corrected chi connectivity index (χ1v) is 10.2. The highest BCUT2D eigenvalue weighted by atomic mass is 35.5. The first kappa shape index (κ1) is 22.2. The van der Waals surface area contributed by atoms with Gasteiger partial charge in [0.25, 0.3) is 5.91 Å². The molecule has 0 spiro atoms. The summed E-state index contributed by atoms with van der Waals surface area (Å²) in [6, 6.07) is 10.9. The van der Waals surface area contributed by atoms with Gasteiger partial charge in [-0.1, -0.05) is 47.0 Å². The molecule has 0 heterocycles. The van der Waals surface area contributed by atoms with Crippen molar-refractivity contribution in [1.29, 1.82) is 0 Å². The zero-order valence-electron chi connectivity index (χ0n) is 15.1. The lowest BCUT2D eigenvalue weighted by Gasteiger charge is -2.16. The maximum absolute atomic E-state index is 12.4. The van der Waals surface area contributed by atoms with Gasteiger partial charge in [-0.15, -0.1) is 0 Å². The Morgan fingerprint density at radius 3 is 2.21 bits per heavy atom. The first-order chi connectivity index (χ1) is 13.1. The maximum atomic E-state index is 12.4. The van der Waals surface area contributed by atoms with Crippen molar-refractivity contribution in [2.24, 2.45) is 0 Å². The number of ether oxygens (including phenoxy) is 1. The van der Waals surface area contributed by atoms with Crippen LogP contribution in [0.1, 0.15) is 5.56 Å². The van der Waals surface area contributed by atoms with Crippen molar-refractivity contribution in [2.75, 3.05) is 25.5 Å². The Balaban J connectivity index is 1.91. The number of rotatable bonds is 7. The summed E-state index contributed by atoms with van der Waals surface area (Å²) in [4.78, 5) is 23.9. The molecule has 0 aliphatic heterocycles. The van der Waals surface area contributed by atoms with Crippen LogP contribution in [0.3, 0.4) is 0 Å². The molecule has 10 heteroatoms. The molecule has 2 rings (SSSR count). The van der Waals surface area contributed by atoms with Gasteiger partial charge >= 0.3 is 5.97 Å². The van der Waals surface area contributed by atoms with Crippen LogP contribution in [-0.2, 0) is 24.3 Å².